The molecular weight excluding hydrogens is 352 g/mol. The minimum atomic E-state index is -0.294. The van der Waals surface area contributed by atoms with E-state index in [1.807, 2.05) is 25.2 Å². The number of cyclic esters (lactones) is 1. The second-order valence-electron chi connectivity index (χ2n) is 8.49. The lowest BCUT2D eigenvalue weighted by atomic mass is 9.76. The number of H-pyrrole nitrogens is 2. The van der Waals surface area contributed by atoms with Gasteiger partial charge in [-0.05, 0) is 62.3 Å². The fourth-order valence-electron chi connectivity index (χ4n) is 4.08. The largest absolute Gasteiger partial charge is 0.447 e. The van der Waals surface area contributed by atoms with E-state index in [1.165, 1.54) is 17.7 Å². The van der Waals surface area contributed by atoms with Crippen LogP contribution in [0.25, 0.3) is 17.5 Å². The van der Waals surface area contributed by atoms with Gasteiger partial charge in [0.05, 0.1) is 12.2 Å². The summed E-state index contributed by atoms with van der Waals surface area (Å²) in [5.41, 5.74) is 7.87. The monoisotopic (exact) mass is 380 g/mol. The SMILES string of the molecule is C/C=C\C(=C/c1[nH]c(-c2n[nH]c3c2CCC(C)(C)C3)cc1C)N1CCOC1=O. The van der Waals surface area contributed by atoms with Crippen LogP contribution in [0.5, 0.6) is 0 Å². The third-order valence-corrected chi connectivity index (χ3v) is 5.67. The summed E-state index contributed by atoms with van der Waals surface area (Å²) in [6.07, 6.45) is 8.83. The zero-order valence-electron chi connectivity index (χ0n) is 17.1. The molecule has 148 valence electrons. The molecule has 1 saturated heterocycles. The summed E-state index contributed by atoms with van der Waals surface area (Å²) in [5, 5.41) is 7.87. The Bertz CT molecular complexity index is 961. The molecule has 0 unspecified atom stereocenters. The van der Waals surface area contributed by atoms with Crippen molar-refractivity contribution < 1.29 is 9.53 Å². The molecule has 1 aliphatic heterocycles. The Morgan fingerprint density at radius 1 is 1.39 bits per heavy atom. The molecule has 1 aliphatic carbocycles. The number of aryl methyl sites for hydroxylation is 1. The van der Waals surface area contributed by atoms with Gasteiger partial charge >= 0.3 is 6.09 Å². The summed E-state index contributed by atoms with van der Waals surface area (Å²) in [7, 11) is 0. The lowest BCUT2D eigenvalue weighted by Gasteiger charge is -2.29. The first kappa shape index (κ1) is 18.6. The molecule has 1 fully saturated rings. The van der Waals surface area contributed by atoms with Gasteiger partial charge in [0.25, 0.3) is 0 Å². The van der Waals surface area contributed by atoms with Crippen LogP contribution in [0.15, 0.2) is 23.9 Å². The smallest absolute Gasteiger partial charge is 0.414 e. The van der Waals surface area contributed by atoms with Gasteiger partial charge in [0, 0.05) is 22.6 Å². The van der Waals surface area contributed by atoms with Gasteiger partial charge in [-0.3, -0.25) is 10.00 Å². The summed E-state index contributed by atoms with van der Waals surface area (Å²) in [6, 6.07) is 2.14. The van der Waals surface area contributed by atoms with Gasteiger partial charge in [0.2, 0.25) is 0 Å². The maximum Gasteiger partial charge on any atom is 0.414 e. The molecule has 0 radical (unpaired) electrons. The van der Waals surface area contributed by atoms with E-state index in [4.69, 9.17) is 4.74 Å². The average molecular weight is 380 g/mol. The van der Waals surface area contributed by atoms with Gasteiger partial charge in [0.15, 0.2) is 0 Å². The van der Waals surface area contributed by atoms with Crippen molar-refractivity contribution in [1.82, 2.24) is 20.1 Å². The van der Waals surface area contributed by atoms with E-state index in [1.54, 1.807) is 4.90 Å². The zero-order valence-corrected chi connectivity index (χ0v) is 17.1. The Balaban J connectivity index is 1.68. The number of carbonyl (C=O) groups excluding carboxylic acids is 1. The molecule has 2 N–H and O–H groups in total. The fraction of sp³-hybridized carbons (Fsp3) is 0.455. The normalized spacial score (nSPS) is 19.4. The van der Waals surface area contributed by atoms with Crippen molar-refractivity contribution >= 4 is 12.2 Å². The van der Waals surface area contributed by atoms with Gasteiger partial charge in [-0.25, -0.2) is 4.79 Å². The van der Waals surface area contributed by atoms with Crippen LogP contribution < -0.4 is 0 Å². The highest BCUT2D eigenvalue weighted by atomic mass is 16.6. The predicted molar refractivity (Wildman–Crippen MR) is 110 cm³/mol. The number of allylic oxidation sites excluding steroid dienone is 2. The molecule has 0 atom stereocenters. The Morgan fingerprint density at radius 2 is 2.21 bits per heavy atom. The van der Waals surface area contributed by atoms with E-state index in [9.17, 15) is 4.79 Å². The highest BCUT2D eigenvalue weighted by Gasteiger charge is 2.29. The molecule has 0 spiro atoms. The van der Waals surface area contributed by atoms with E-state index < -0.39 is 0 Å². The lowest BCUT2D eigenvalue weighted by molar-refractivity contribution is 0.165. The molecule has 4 rings (SSSR count). The standard InChI is InChI=1S/C22H28N4O2/c1-5-6-15(26-9-10-28-21(26)27)12-17-14(2)11-18(23-17)20-16-7-8-22(3,4)13-19(16)24-25-20/h5-6,11-12,23H,7-10,13H2,1-4H3,(H,24,25)/b6-5-,15-12+. The molecule has 28 heavy (non-hydrogen) atoms. The van der Waals surface area contributed by atoms with Crippen LogP contribution in [0, 0.1) is 12.3 Å². The van der Waals surface area contributed by atoms with Gasteiger partial charge in [-0.15, -0.1) is 0 Å². The first-order valence-corrected chi connectivity index (χ1v) is 9.93. The summed E-state index contributed by atoms with van der Waals surface area (Å²) >= 11 is 0. The van der Waals surface area contributed by atoms with E-state index in [0.717, 1.165) is 41.2 Å². The first-order valence-electron chi connectivity index (χ1n) is 9.93. The number of nitrogens with zero attached hydrogens (tertiary/aromatic N) is 2. The van der Waals surface area contributed by atoms with Crippen LogP contribution >= 0.6 is 0 Å². The number of nitrogens with one attached hydrogen (secondary N) is 2. The molecule has 1 amide bonds. The Morgan fingerprint density at radius 3 is 2.93 bits per heavy atom. The number of hydrogen-bond acceptors (Lipinski definition) is 3. The first-order chi connectivity index (χ1) is 13.4. The molecule has 2 aromatic rings. The number of aromatic amines is 2. The molecular formula is C22H28N4O2. The van der Waals surface area contributed by atoms with Crippen LogP contribution in [0.2, 0.25) is 0 Å². The van der Waals surface area contributed by atoms with E-state index in [-0.39, 0.29) is 6.09 Å². The van der Waals surface area contributed by atoms with Gasteiger partial charge in [-0.1, -0.05) is 19.9 Å². The number of ether oxygens (including phenoxy) is 1. The number of fused-ring (bicyclic) bond motifs is 1. The Labute approximate surface area is 165 Å². The highest BCUT2D eigenvalue weighted by Crippen LogP contribution is 2.38. The maximum atomic E-state index is 12.0. The number of hydrogen-bond donors (Lipinski definition) is 2. The third kappa shape index (κ3) is 3.39. The van der Waals surface area contributed by atoms with E-state index in [0.29, 0.717) is 18.6 Å². The van der Waals surface area contributed by atoms with Crippen LogP contribution in [-0.2, 0) is 17.6 Å². The van der Waals surface area contributed by atoms with Crippen molar-refractivity contribution in [2.75, 3.05) is 13.2 Å². The fourth-order valence-corrected chi connectivity index (χ4v) is 4.08. The lowest BCUT2D eigenvalue weighted by Crippen LogP contribution is -2.22. The van der Waals surface area contributed by atoms with Gasteiger partial charge in [-0.2, -0.15) is 5.10 Å². The zero-order chi connectivity index (χ0) is 19.9. The summed E-state index contributed by atoms with van der Waals surface area (Å²) in [4.78, 5) is 17.2. The molecule has 0 aromatic carbocycles. The van der Waals surface area contributed by atoms with Crippen molar-refractivity contribution in [3.05, 3.63) is 46.4 Å². The van der Waals surface area contributed by atoms with Crippen LogP contribution in [-0.4, -0.2) is 39.3 Å². The summed E-state index contributed by atoms with van der Waals surface area (Å²) in [6.45, 7) is 9.64. The molecule has 0 saturated carbocycles. The van der Waals surface area contributed by atoms with Crippen LogP contribution in [0.4, 0.5) is 4.79 Å². The van der Waals surface area contributed by atoms with Crippen molar-refractivity contribution in [2.45, 2.75) is 47.0 Å². The van der Waals surface area contributed by atoms with Crippen molar-refractivity contribution in [3.8, 4) is 11.4 Å². The Kier molecular flexibility index (Phi) is 4.65. The van der Waals surface area contributed by atoms with E-state index in [2.05, 4.69) is 42.0 Å². The number of rotatable bonds is 4. The topological polar surface area (TPSA) is 74.0 Å². The van der Waals surface area contributed by atoms with Crippen molar-refractivity contribution in [3.63, 3.8) is 0 Å². The van der Waals surface area contributed by atoms with Crippen molar-refractivity contribution in [1.29, 1.82) is 0 Å². The maximum absolute atomic E-state index is 12.0. The minimum Gasteiger partial charge on any atom is -0.447 e. The molecule has 3 heterocycles. The number of amides is 1. The van der Waals surface area contributed by atoms with Crippen LogP contribution in [0.3, 0.4) is 0 Å². The predicted octanol–water partition coefficient (Wildman–Crippen LogP) is 4.60. The summed E-state index contributed by atoms with van der Waals surface area (Å²) < 4.78 is 5.09. The molecule has 0 bridgehead atoms. The molecule has 6 heteroatoms. The summed E-state index contributed by atoms with van der Waals surface area (Å²) in [5.74, 6) is 0. The number of aromatic nitrogens is 3. The molecule has 6 nitrogen and oxygen atoms in total. The second kappa shape index (κ2) is 7.00. The van der Waals surface area contributed by atoms with Gasteiger partial charge in [0.1, 0.15) is 12.3 Å². The van der Waals surface area contributed by atoms with Crippen LogP contribution in [0.1, 0.15) is 49.7 Å². The number of carbonyl (C=O) groups is 1. The van der Waals surface area contributed by atoms with Crippen molar-refractivity contribution in [2.24, 2.45) is 5.41 Å². The molecule has 2 aromatic heterocycles. The average Bonchev–Trinajstić information content (AvgIpc) is 3.32. The van der Waals surface area contributed by atoms with E-state index >= 15 is 0 Å². The van der Waals surface area contributed by atoms with Gasteiger partial charge < -0.3 is 9.72 Å². The third-order valence-electron chi connectivity index (χ3n) is 5.67. The quantitative estimate of drug-likeness (QED) is 0.762. The molecule has 2 aliphatic rings. The minimum absolute atomic E-state index is 0.294. The second-order valence-corrected chi connectivity index (χ2v) is 8.49. The Hall–Kier alpha value is -2.76. The highest BCUT2D eigenvalue weighted by molar-refractivity contribution is 5.75.